The third kappa shape index (κ3) is 6.10. The van der Waals surface area contributed by atoms with Crippen LogP contribution in [0.1, 0.15) is 20.8 Å². The molecule has 3 rings (SSSR count). The van der Waals surface area contributed by atoms with Crippen molar-refractivity contribution in [3.05, 3.63) is 54.3 Å². The second-order valence-electron chi connectivity index (χ2n) is 8.13. The number of tetrazole rings is 1. The normalized spacial score (nSPS) is 11.2. The first-order valence-electron chi connectivity index (χ1n) is 9.94. The summed E-state index contributed by atoms with van der Waals surface area (Å²) in [5.74, 6) is -0.191. The van der Waals surface area contributed by atoms with Crippen LogP contribution in [0.2, 0.25) is 0 Å². The molecule has 0 radical (unpaired) electrons. The van der Waals surface area contributed by atoms with Crippen molar-refractivity contribution >= 4 is 17.5 Å². The van der Waals surface area contributed by atoms with Gasteiger partial charge in [0.05, 0.1) is 7.11 Å². The van der Waals surface area contributed by atoms with E-state index in [0.717, 1.165) is 4.80 Å². The Morgan fingerprint density at radius 1 is 1.09 bits per heavy atom. The van der Waals surface area contributed by atoms with Gasteiger partial charge in [0.25, 0.3) is 5.91 Å². The highest BCUT2D eigenvalue weighted by Gasteiger charge is 2.23. The Labute approximate surface area is 185 Å². The minimum Gasteiger partial charge on any atom is -0.497 e. The lowest BCUT2D eigenvalue weighted by atomic mass is 10.1. The molecular formula is C22H25FN6O3. The van der Waals surface area contributed by atoms with E-state index in [1.807, 2.05) is 20.8 Å². The number of benzene rings is 2. The maximum absolute atomic E-state index is 13.1. The molecule has 2 aromatic carbocycles. The lowest BCUT2D eigenvalue weighted by Gasteiger charge is -2.26. The quantitative estimate of drug-likeness (QED) is 0.605. The Morgan fingerprint density at radius 3 is 2.34 bits per heavy atom. The number of halogens is 1. The van der Waals surface area contributed by atoms with Gasteiger partial charge < -0.3 is 15.0 Å². The summed E-state index contributed by atoms with van der Waals surface area (Å²) in [6, 6.07) is 12.4. The molecule has 1 aromatic heterocycles. The van der Waals surface area contributed by atoms with Crippen LogP contribution in [0.25, 0.3) is 11.4 Å². The molecule has 1 N–H and O–H groups in total. The number of carbonyl (C=O) groups excluding carboxylic acids is 2. The third-order valence-electron chi connectivity index (χ3n) is 4.33. The molecule has 0 fully saturated rings. The number of nitrogens with zero attached hydrogens (tertiary/aromatic N) is 5. The highest BCUT2D eigenvalue weighted by Crippen LogP contribution is 2.20. The molecule has 10 heteroatoms. The Morgan fingerprint density at radius 2 is 1.75 bits per heavy atom. The fraction of sp³-hybridized carbons (Fsp3) is 0.318. The summed E-state index contributed by atoms with van der Waals surface area (Å²) in [6.07, 6.45) is 0. The van der Waals surface area contributed by atoms with Crippen LogP contribution in [-0.4, -0.2) is 51.2 Å². The number of methoxy groups -OCH3 is 1. The van der Waals surface area contributed by atoms with Crippen LogP contribution in [0.4, 0.5) is 10.1 Å². The largest absolute Gasteiger partial charge is 0.497 e. The molecule has 0 saturated carbocycles. The monoisotopic (exact) mass is 440 g/mol. The Hall–Kier alpha value is -3.82. The first kappa shape index (κ1) is 22.9. The predicted molar refractivity (Wildman–Crippen MR) is 116 cm³/mol. The zero-order valence-electron chi connectivity index (χ0n) is 18.4. The molecule has 0 bridgehead atoms. The predicted octanol–water partition coefficient (Wildman–Crippen LogP) is 2.44. The molecule has 0 unspecified atom stereocenters. The van der Waals surface area contributed by atoms with Gasteiger partial charge in [-0.2, -0.15) is 4.80 Å². The average Bonchev–Trinajstić information content (AvgIpc) is 3.19. The van der Waals surface area contributed by atoms with Crippen molar-refractivity contribution < 1.29 is 18.7 Å². The van der Waals surface area contributed by atoms with E-state index in [-0.39, 0.29) is 30.6 Å². The van der Waals surface area contributed by atoms with Gasteiger partial charge in [-0.3, -0.25) is 9.59 Å². The van der Waals surface area contributed by atoms with E-state index in [1.165, 1.54) is 29.2 Å². The number of anilines is 1. The van der Waals surface area contributed by atoms with Gasteiger partial charge >= 0.3 is 0 Å². The van der Waals surface area contributed by atoms with E-state index >= 15 is 0 Å². The van der Waals surface area contributed by atoms with Crippen molar-refractivity contribution in [2.45, 2.75) is 32.9 Å². The smallest absolute Gasteiger partial charge is 0.251 e. The zero-order chi connectivity index (χ0) is 23.3. The molecule has 0 aliphatic heterocycles. The summed E-state index contributed by atoms with van der Waals surface area (Å²) in [5, 5.41) is 14.9. The fourth-order valence-corrected chi connectivity index (χ4v) is 2.92. The van der Waals surface area contributed by atoms with E-state index in [2.05, 4.69) is 20.7 Å². The first-order chi connectivity index (χ1) is 15.1. The minimum absolute atomic E-state index is 0.179. The van der Waals surface area contributed by atoms with Gasteiger partial charge in [0.1, 0.15) is 24.7 Å². The van der Waals surface area contributed by atoms with Crippen molar-refractivity contribution in [2.75, 3.05) is 18.6 Å². The molecule has 1 heterocycles. The molecule has 9 nitrogen and oxygen atoms in total. The minimum atomic E-state index is -0.441. The molecule has 0 saturated heterocycles. The summed E-state index contributed by atoms with van der Waals surface area (Å²) in [5.41, 5.74) is 0.656. The van der Waals surface area contributed by atoms with Crippen LogP contribution in [0.3, 0.4) is 0 Å². The summed E-state index contributed by atoms with van der Waals surface area (Å²) >= 11 is 0. The summed E-state index contributed by atoms with van der Waals surface area (Å²) in [7, 11) is 1.55. The number of carbonyl (C=O) groups is 2. The van der Waals surface area contributed by atoms with Crippen LogP contribution in [0.5, 0.6) is 5.75 Å². The van der Waals surface area contributed by atoms with Crippen LogP contribution in [0, 0.1) is 5.82 Å². The number of nitrogens with one attached hydrogen (secondary N) is 1. The number of amides is 2. The number of rotatable bonds is 7. The van der Waals surface area contributed by atoms with E-state index < -0.39 is 11.4 Å². The summed E-state index contributed by atoms with van der Waals surface area (Å²) in [6.45, 7) is 5.17. The second-order valence-corrected chi connectivity index (χ2v) is 8.13. The average molecular weight is 440 g/mol. The molecule has 3 aromatic rings. The van der Waals surface area contributed by atoms with E-state index in [4.69, 9.17) is 4.74 Å². The Kier molecular flexibility index (Phi) is 6.82. The van der Waals surface area contributed by atoms with Crippen LogP contribution >= 0.6 is 0 Å². The van der Waals surface area contributed by atoms with Gasteiger partial charge in [0.2, 0.25) is 11.7 Å². The van der Waals surface area contributed by atoms with Crippen molar-refractivity contribution in [1.82, 2.24) is 25.5 Å². The molecule has 32 heavy (non-hydrogen) atoms. The molecule has 0 atom stereocenters. The van der Waals surface area contributed by atoms with Crippen LogP contribution in [0.15, 0.2) is 48.5 Å². The molecule has 0 aliphatic rings. The number of aromatic nitrogens is 4. The van der Waals surface area contributed by atoms with E-state index in [0.29, 0.717) is 17.0 Å². The second kappa shape index (κ2) is 9.54. The van der Waals surface area contributed by atoms with Gasteiger partial charge in [-0.25, -0.2) is 4.39 Å². The number of ether oxygens (including phenoxy) is 1. The van der Waals surface area contributed by atoms with Gasteiger partial charge in [0.15, 0.2) is 0 Å². The molecule has 168 valence electrons. The maximum atomic E-state index is 13.1. The van der Waals surface area contributed by atoms with Crippen LogP contribution in [-0.2, 0) is 16.1 Å². The molecule has 0 aliphatic carbocycles. The lowest BCUT2D eigenvalue weighted by Crippen LogP contribution is -2.48. The van der Waals surface area contributed by atoms with Gasteiger partial charge in [-0.15, -0.1) is 10.2 Å². The van der Waals surface area contributed by atoms with Gasteiger partial charge in [0, 0.05) is 16.8 Å². The summed E-state index contributed by atoms with van der Waals surface area (Å²) in [4.78, 5) is 28.1. The van der Waals surface area contributed by atoms with Crippen molar-refractivity contribution in [3.63, 3.8) is 0 Å². The zero-order valence-corrected chi connectivity index (χ0v) is 18.4. The van der Waals surface area contributed by atoms with E-state index in [9.17, 15) is 14.0 Å². The third-order valence-corrected chi connectivity index (χ3v) is 4.33. The van der Waals surface area contributed by atoms with Crippen molar-refractivity contribution in [3.8, 4) is 17.1 Å². The molecule has 0 spiro atoms. The lowest BCUT2D eigenvalue weighted by molar-refractivity contribution is -0.125. The van der Waals surface area contributed by atoms with Crippen molar-refractivity contribution in [2.24, 2.45) is 0 Å². The van der Waals surface area contributed by atoms with Gasteiger partial charge in [-0.1, -0.05) is 0 Å². The number of hydrogen-bond donors (Lipinski definition) is 1. The first-order valence-corrected chi connectivity index (χ1v) is 9.94. The highest BCUT2D eigenvalue weighted by molar-refractivity contribution is 5.98. The maximum Gasteiger partial charge on any atom is 0.251 e. The van der Waals surface area contributed by atoms with Crippen LogP contribution < -0.4 is 15.0 Å². The molecule has 2 amide bonds. The SMILES string of the molecule is COc1ccc(N(CC(=O)NC(C)(C)C)C(=O)Cn2nnc(-c3ccc(F)cc3)n2)cc1. The van der Waals surface area contributed by atoms with Crippen molar-refractivity contribution in [1.29, 1.82) is 0 Å². The fourth-order valence-electron chi connectivity index (χ4n) is 2.92. The van der Waals surface area contributed by atoms with E-state index in [1.54, 1.807) is 31.4 Å². The van der Waals surface area contributed by atoms with Gasteiger partial charge in [-0.05, 0) is 74.5 Å². The topological polar surface area (TPSA) is 102 Å². The highest BCUT2D eigenvalue weighted by atomic mass is 19.1. The number of hydrogen-bond acceptors (Lipinski definition) is 6. The summed E-state index contributed by atoms with van der Waals surface area (Å²) < 4.78 is 18.3. The Balaban J connectivity index is 1.79. The Bertz CT molecular complexity index is 1070. The standard InChI is InChI=1S/C22H25FN6O3/c1-22(2,3)24-19(30)13-28(17-9-11-18(32-4)12-10-17)20(31)14-29-26-21(25-27-29)15-5-7-16(23)8-6-15/h5-12H,13-14H2,1-4H3,(H,24,30). The molecular weight excluding hydrogens is 415 g/mol.